The van der Waals surface area contributed by atoms with E-state index in [-0.39, 0.29) is 5.82 Å². The number of nitrogens with two attached hydrogens (primary N) is 1. The maximum Gasteiger partial charge on any atom is 0.123 e. The molecule has 0 saturated heterocycles. The lowest BCUT2D eigenvalue weighted by atomic mass is 10.0. The molecule has 0 spiro atoms. The van der Waals surface area contributed by atoms with Gasteiger partial charge in [0, 0.05) is 16.6 Å². The second-order valence-corrected chi connectivity index (χ2v) is 5.20. The van der Waals surface area contributed by atoms with Crippen molar-refractivity contribution in [2.24, 2.45) is 5.73 Å². The molecule has 0 aliphatic rings. The first-order chi connectivity index (χ1) is 8.79. The van der Waals surface area contributed by atoms with Crippen molar-refractivity contribution in [1.82, 2.24) is 0 Å². The number of benzene rings is 2. The Kier molecular flexibility index (Phi) is 4.79. The minimum absolute atomic E-state index is 0.196. The molecule has 2 N–H and O–H groups in total. The van der Waals surface area contributed by atoms with E-state index in [1.165, 1.54) is 17.7 Å². The third-order valence-corrected chi connectivity index (χ3v) is 3.99. The maximum atomic E-state index is 12.8. The lowest BCUT2D eigenvalue weighted by Crippen LogP contribution is -2.14. The summed E-state index contributed by atoms with van der Waals surface area (Å²) in [7, 11) is 0. The van der Waals surface area contributed by atoms with Crippen molar-refractivity contribution in [2.45, 2.75) is 10.8 Å². The summed E-state index contributed by atoms with van der Waals surface area (Å²) in [6.45, 7) is 0.623. The van der Waals surface area contributed by atoms with Gasteiger partial charge in [0.25, 0.3) is 0 Å². The Morgan fingerprint density at radius 1 is 1.00 bits per heavy atom. The lowest BCUT2D eigenvalue weighted by molar-refractivity contribution is 0.626. The highest BCUT2D eigenvalue weighted by Crippen LogP contribution is 2.25. The molecule has 0 fully saturated rings. The lowest BCUT2D eigenvalue weighted by Gasteiger charge is -2.14. The number of rotatable bonds is 5. The van der Waals surface area contributed by atoms with Crippen LogP contribution in [0.5, 0.6) is 0 Å². The van der Waals surface area contributed by atoms with Crippen molar-refractivity contribution < 1.29 is 4.39 Å². The molecule has 0 aliphatic heterocycles. The van der Waals surface area contributed by atoms with Crippen LogP contribution in [0, 0.1) is 5.82 Å². The summed E-state index contributed by atoms with van der Waals surface area (Å²) in [4.78, 5) is 1.07. The van der Waals surface area contributed by atoms with Gasteiger partial charge in [-0.15, -0.1) is 11.8 Å². The SMILES string of the molecule is NCC(CSc1ccc(F)cc1)c1ccccc1. The average molecular weight is 261 g/mol. The van der Waals surface area contributed by atoms with Crippen molar-refractivity contribution in [1.29, 1.82) is 0 Å². The summed E-state index contributed by atoms with van der Waals surface area (Å²) in [5.41, 5.74) is 7.08. The van der Waals surface area contributed by atoms with Gasteiger partial charge in [-0.25, -0.2) is 4.39 Å². The Morgan fingerprint density at radius 3 is 2.28 bits per heavy atom. The average Bonchev–Trinajstić information content (AvgIpc) is 2.43. The molecule has 2 aromatic carbocycles. The van der Waals surface area contributed by atoms with Gasteiger partial charge in [-0.3, -0.25) is 0 Å². The van der Waals surface area contributed by atoms with E-state index in [1.807, 2.05) is 18.2 Å². The molecule has 0 aromatic heterocycles. The second kappa shape index (κ2) is 6.57. The summed E-state index contributed by atoms with van der Waals surface area (Å²) in [5, 5.41) is 0. The fraction of sp³-hybridized carbons (Fsp3) is 0.200. The molecule has 1 atom stereocenters. The van der Waals surface area contributed by atoms with Crippen LogP contribution in [0.3, 0.4) is 0 Å². The first kappa shape index (κ1) is 13.1. The Bertz CT molecular complexity index is 470. The zero-order valence-electron chi connectivity index (χ0n) is 10.1. The van der Waals surface area contributed by atoms with Crippen LogP contribution in [0.15, 0.2) is 59.5 Å². The van der Waals surface area contributed by atoms with Gasteiger partial charge in [0.05, 0.1) is 0 Å². The van der Waals surface area contributed by atoms with E-state index in [9.17, 15) is 4.39 Å². The zero-order valence-corrected chi connectivity index (χ0v) is 10.9. The number of hydrogen-bond acceptors (Lipinski definition) is 2. The standard InChI is InChI=1S/C15H16FNS/c16-14-6-8-15(9-7-14)18-11-13(10-17)12-4-2-1-3-5-12/h1-9,13H,10-11,17H2. The van der Waals surface area contributed by atoms with E-state index in [0.29, 0.717) is 12.5 Å². The van der Waals surface area contributed by atoms with Gasteiger partial charge in [0.15, 0.2) is 0 Å². The van der Waals surface area contributed by atoms with E-state index < -0.39 is 0 Å². The van der Waals surface area contributed by atoms with Crippen LogP contribution >= 0.6 is 11.8 Å². The highest BCUT2D eigenvalue weighted by molar-refractivity contribution is 7.99. The molecule has 18 heavy (non-hydrogen) atoms. The topological polar surface area (TPSA) is 26.0 Å². The van der Waals surface area contributed by atoms with E-state index in [0.717, 1.165) is 10.6 Å². The Morgan fingerprint density at radius 2 is 1.67 bits per heavy atom. The fourth-order valence-corrected chi connectivity index (χ4v) is 2.80. The highest BCUT2D eigenvalue weighted by atomic mass is 32.2. The van der Waals surface area contributed by atoms with Crippen molar-refractivity contribution in [3.63, 3.8) is 0 Å². The molecule has 0 amide bonds. The van der Waals surface area contributed by atoms with Crippen LogP contribution in [0.1, 0.15) is 11.5 Å². The van der Waals surface area contributed by atoms with Gasteiger partial charge < -0.3 is 5.73 Å². The second-order valence-electron chi connectivity index (χ2n) is 4.11. The largest absolute Gasteiger partial charge is 0.330 e. The van der Waals surface area contributed by atoms with Crippen LogP contribution in [0.4, 0.5) is 4.39 Å². The number of thioether (sulfide) groups is 1. The van der Waals surface area contributed by atoms with Crippen LogP contribution < -0.4 is 5.73 Å². The van der Waals surface area contributed by atoms with Crippen LogP contribution in [0.25, 0.3) is 0 Å². The summed E-state index contributed by atoms with van der Waals surface area (Å²) in [6, 6.07) is 16.8. The molecule has 0 saturated carbocycles. The van der Waals surface area contributed by atoms with Crippen molar-refractivity contribution in [3.05, 3.63) is 66.0 Å². The van der Waals surface area contributed by atoms with Crippen molar-refractivity contribution in [3.8, 4) is 0 Å². The third kappa shape index (κ3) is 3.59. The smallest absolute Gasteiger partial charge is 0.123 e. The Labute approximate surface area is 111 Å². The Balaban J connectivity index is 1.97. The quantitative estimate of drug-likeness (QED) is 0.831. The van der Waals surface area contributed by atoms with Crippen LogP contribution in [-0.2, 0) is 0 Å². The Hall–Kier alpha value is -1.32. The minimum Gasteiger partial charge on any atom is -0.330 e. The van der Waals surface area contributed by atoms with Crippen LogP contribution in [0.2, 0.25) is 0 Å². The van der Waals surface area contributed by atoms with Gasteiger partial charge in [-0.2, -0.15) is 0 Å². The molecule has 1 nitrogen and oxygen atoms in total. The van der Waals surface area contributed by atoms with E-state index in [2.05, 4.69) is 12.1 Å². The fourth-order valence-electron chi connectivity index (χ4n) is 1.75. The van der Waals surface area contributed by atoms with Gasteiger partial charge in [0.2, 0.25) is 0 Å². The molecule has 3 heteroatoms. The molecule has 94 valence electrons. The summed E-state index contributed by atoms with van der Waals surface area (Å²) in [5.74, 6) is 1.05. The molecule has 0 radical (unpaired) electrons. The zero-order chi connectivity index (χ0) is 12.8. The van der Waals surface area contributed by atoms with Crippen LogP contribution in [-0.4, -0.2) is 12.3 Å². The maximum absolute atomic E-state index is 12.8. The predicted octanol–water partition coefficient (Wildman–Crippen LogP) is 3.66. The molecule has 2 aromatic rings. The van der Waals surface area contributed by atoms with Gasteiger partial charge in [-0.05, 0) is 36.4 Å². The van der Waals surface area contributed by atoms with Crippen molar-refractivity contribution in [2.75, 3.05) is 12.3 Å². The molecule has 2 rings (SSSR count). The normalized spacial score (nSPS) is 12.3. The molecule has 0 heterocycles. The highest BCUT2D eigenvalue weighted by Gasteiger charge is 2.09. The predicted molar refractivity (Wildman–Crippen MR) is 75.4 cm³/mol. The molecule has 0 bridgehead atoms. The molecular weight excluding hydrogens is 245 g/mol. The van der Waals surface area contributed by atoms with E-state index in [1.54, 1.807) is 23.9 Å². The minimum atomic E-state index is -0.196. The van der Waals surface area contributed by atoms with Gasteiger partial charge in [0.1, 0.15) is 5.82 Å². The summed E-state index contributed by atoms with van der Waals surface area (Å²) in [6.07, 6.45) is 0. The number of hydrogen-bond donors (Lipinski definition) is 1. The summed E-state index contributed by atoms with van der Waals surface area (Å²) >= 11 is 1.71. The third-order valence-electron chi connectivity index (χ3n) is 2.82. The van der Waals surface area contributed by atoms with Crippen molar-refractivity contribution >= 4 is 11.8 Å². The first-order valence-corrected chi connectivity index (χ1v) is 6.91. The monoisotopic (exact) mass is 261 g/mol. The summed E-state index contributed by atoms with van der Waals surface area (Å²) < 4.78 is 12.8. The molecule has 1 unspecified atom stereocenters. The molecule has 0 aliphatic carbocycles. The number of halogens is 1. The molecular formula is C15H16FNS. The van der Waals surface area contributed by atoms with Gasteiger partial charge in [-0.1, -0.05) is 30.3 Å². The first-order valence-electron chi connectivity index (χ1n) is 5.93. The van der Waals surface area contributed by atoms with E-state index in [4.69, 9.17) is 5.73 Å². The van der Waals surface area contributed by atoms with Gasteiger partial charge >= 0.3 is 0 Å². The van der Waals surface area contributed by atoms with E-state index >= 15 is 0 Å².